The zero-order valence-corrected chi connectivity index (χ0v) is 21.7. The van der Waals surface area contributed by atoms with Gasteiger partial charge in [-0.1, -0.05) is 92.2 Å². The van der Waals surface area contributed by atoms with Gasteiger partial charge in [-0.2, -0.15) is 0 Å². The van der Waals surface area contributed by atoms with Crippen LogP contribution in [0.4, 0.5) is 10.5 Å². The number of carbonyl (C=O) groups is 1. The molecule has 0 saturated heterocycles. The molecule has 4 heteroatoms. The second kappa shape index (κ2) is 12.3. The summed E-state index contributed by atoms with van der Waals surface area (Å²) in [7, 11) is 0. The summed E-state index contributed by atoms with van der Waals surface area (Å²) < 4.78 is 0. The van der Waals surface area contributed by atoms with Crippen LogP contribution in [0.5, 0.6) is 0 Å². The Morgan fingerprint density at radius 2 is 1.43 bits per heavy atom. The SMILES string of the molecule is CCc1cccc(CC)c1NC(=O)N(CCc1ccccc1Cl)C1CCC(c2ccccc2)CC1. The first-order chi connectivity index (χ1) is 17.1. The van der Waals surface area contributed by atoms with Crippen molar-refractivity contribution in [1.82, 2.24) is 4.90 Å². The van der Waals surface area contributed by atoms with E-state index in [9.17, 15) is 4.79 Å². The molecular formula is C31H37ClN2O. The number of aryl methyl sites for hydroxylation is 2. The molecule has 0 heterocycles. The van der Waals surface area contributed by atoms with Gasteiger partial charge in [-0.3, -0.25) is 0 Å². The molecule has 1 fully saturated rings. The molecule has 2 amide bonds. The van der Waals surface area contributed by atoms with E-state index in [2.05, 4.69) is 78.7 Å². The first kappa shape index (κ1) is 25.3. The maximum Gasteiger partial charge on any atom is 0.322 e. The Labute approximate surface area is 215 Å². The van der Waals surface area contributed by atoms with E-state index in [0.29, 0.717) is 12.5 Å². The molecule has 3 aromatic carbocycles. The van der Waals surface area contributed by atoms with E-state index in [-0.39, 0.29) is 12.1 Å². The van der Waals surface area contributed by atoms with E-state index in [1.165, 1.54) is 16.7 Å². The fourth-order valence-corrected chi connectivity index (χ4v) is 5.65. The molecule has 0 radical (unpaired) electrons. The van der Waals surface area contributed by atoms with Gasteiger partial charge in [-0.25, -0.2) is 4.79 Å². The van der Waals surface area contributed by atoms with Crippen LogP contribution >= 0.6 is 11.6 Å². The predicted octanol–water partition coefficient (Wildman–Crippen LogP) is 8.27. The van der Waals surface area contributed by atoms with Gasteiger partial charge in [0.2, 0.25) is 0 Å². The molecule has 3 aromatic rings. The molecular weight excluding hydrogens is 452 g/mol. The van der Waals surface area contributed by atoms with E-state index < -0.39 is 0 Å². The summed E-state index contributed by atoms with van der Waals surface area (Å²) in [6.45, 7) is 4.95. The molecule has 0 aliphatic heterocycles. The average Bonchev–Trinajstić information content (AvgIpc) is 2.90. The van der Waals surface area contributed by atoms with E-state index in [4.69, 9.17) is 11.6 Å². The Balaban J connectivity index is 1.52. The summed E-state index contributed by atoms with van der Waals surface area (Å²) >= 11 is 6.45. The van der Waals surface area contributed by atoms with Gasteiger partial charge in [0.15, 0.2) is 0 Å². The Bertz CT molecular complexity index is 1080. The number of urea groups is 1. The van der Waals surface area contributed by atoms with Gasteiger partial charge >= 0.3 is 6.03 Å². The molecule has 0 bridgehead atoms. The Morgan fingerprint density at radius 1 is 0.829 bits per heavy atom. The van der Waals surface area contributed by atoms with Gasteiger partial charge in [0, 0.05) is 23.3 Å². The number of nitrogens with zero attached hydrogens (tertiary/aromatic N) is 1. The van der Waals surface area contributed by atoms with E-state index >= 15 is 0 Å². The third-order valence-corrected chi connectivity index (χ3v) is 7.85. The van der Waals surface area contributed by atoms with Crippen LogP contribution in [0.15, 0.2) is 72.8 Å². The van der Waals surface area contributed by atoms with Crippen molar-refractivity contribution in [2.75, 3.05) is 11.9 Å². The van der Waals surface area contributed by atoms with Crippen molar-refractivity contribution in [2.45, 2.75) is 70.8 Å². The van der Waals surface area contributed by atoms with E-state index in [0.717, 1.165) is 61.2 Å². The van der Waals surface area contributed by atoms with Crippen molar-refractivity contribution < 1.29 is 4.79 Å². The molecule has 1 N–H and O–H groups in total. The zero-order chi connectivity index (χ0) is 24.6. The predicted molar refractivity (Wildman–Crippen MR) is 148 cm³/mol. The lowest BCUT2D eigenvalue weighted by Crippen LogP contribution is -2.45. The van der Waals surface area contributed by atoms with Crippen LogP contribution < -0.4 is 5.32 Å². The van der Waals surface area contributed by atoms with Crippen molar-refractivity contribution >= 4 is 23.3 Å². The summed E-state index contributed by atoms with van der Waals surface area (Å²) in [6, 6.07) is 25.3. The smallest absolute Gasteiger partial charge is 0.321 e. The van der Waals surface area contributed by atoms with Crippen LogP contribution in [0.1, 0.15) is 67.7 Å². The number of rotatable bonds is 8. The molecule has 1 saturated carbocycles. The second-order valence-electron chi connectivity index (χ2n) is 9.54. The van der Waals surface area contributed by atoms with Crippen LogP contribution in [0.2, 0.25) is 5.02 Å². The third kappa shape index (κ3) is 6.27. The van der Waals surface area contributed by atoms with Gasteiger partial charge in [0.25, 0.3) is 0 Å². The zero-order valence-electron chi connectivity index (χ0n) is 21.0. The van der Waals surface area contributed by atoms with E-state index in [1.807, 2.05) is 18.2 Å². The normalized spacial score (nSPS) is 17.7. The lowest BCUT2D eigenvalue weighted by atomic mass is 9.81. The highest BCUT2D eigenvalue weighted by Crippen LogP contribution is 2.35. The number of carbonyl (C=O) groups excluding carboxylic acids is 1. The van der Waals surface area contributed by atoms with Crippen LogP contribution in [0.25, 0.3) is 0 Å². The number of anilines is 1. The molecule has 4 rings (SSSR count). The number of hydrogen-bond donors (Lipinski definition) is 1. The molecule has 0 atom stereocenters. The van der Waals surface area contributed by atoms with Crippen molar-refractivity contribution in [1.29, 1.82) is 0 Å². The highest BCUT2D eigenvalue weighted by Gasteiger charge is 2.30. The first-order valence-corrected chi connectivity index (χ1v) is 13.4. The molecule has 1 aliphatic carbocycles. The van der Waals surface area contributed by atoms with Crippen LogP contribution in [0.3, 0.4) is 0 Å². The van der Waals surface area contributed by atoms with Gasteiger partial charge in [-0.15, -0.1) is 0 Å². The largest absolute Gasteiger partial charge is 0.322 e. The highest BCUT2D eigenvalue weighted by atomic mass is 35.5. The second-order valence-corrected chi connectivity index (χ2v) is 9.95. The molecule has 0 unspecified atom stereocenters. The number of amides is 2. The number of para-hydroxylation sites is 1. The minimum atomic E-state index is 0.0100. The maximum atomic E-state index is 13.8. The van der Waals surface area contributed by atoms with Crippen molar-refractivity contribution in [3.63, 3.8) is 0 Å². The van der Waals surface area contributed by atoms with Gasteiger partial charge in [0.05, 0.1) is 0 Å². The number of nitrogens with one attached hydrogen (secondary N) is 1. The third-order valence-electron chi connectivity index (χ3n) is 7.48. The molecule has 1 aliphatic rings. The molecule has 35 heavy (non-hydrogen) atoms. The lowest BCUT2D eigenvalue weighted by Gasteiger charge is -2.37. The van der Waals surface area contributed by atoms with Gasteiger partial charge < -0.3 is 10.2 Å². The summed E-state index contributed by atoms with van der Waals surface area (Å²) in [4.78, 5) is 15.9. The monoisotopic (exact) mass is 488 g/mol. The molecule has 3 nitrogen and oxygen atoms in total. The summed E-state index contributed by atoms with van der Waals surface area (Å²) in [5, 5.41) is 4.09. The lowest BCUT2D eigenvalue weighted by molar-refractivity contribution is 0.163. The van der Waals surface area contributed by atoms with Crippen molar-refractivity contribution in [3.05, 3.63) is 100 Å². The molecule has 184 valence electrons. The van der Waals surface area contributed by atoms with Crippen LogP contribution in [-0.4, -0.2) is 23.5 Å². The fraction of sp³-hybridized carbons (Fsp3) is 0.387. The molecule has 0 aromatic heterocycles. The topological polar surface area (TPSA) is 32.3 Å². The van der Waals surface area contributed by atoms with Crippen molar-refractivity contribution in [2.24, 2.45) is 0 Å². The van der Waals surface area contributed by atoms with Crippen LogP contribution in [-0.2, 0) is 19.3 Å². The summed E-state index contributed by atoms with van der Waals surface area (Å²) in [5.74, 6) is 0.577. The minimum absolute atomic E-state index is 0.0100. The molecule has 0 spiro atoms. The minimum Gasteiger partial charge on any atom is -0.321 e. The fourth-order valence-electron chi connectivity index (χ4n) is 5.42. The quantitative estimate of drug-likeness (QED) is 0.340. The first-order valence-electron chi connectivity index (χ1n) is 13.1. The maximum absolute atomic E-state index is 13.8. The number of hydrogen-bond acceptors (Lipinski definition) is 1. The van der Waals surface area contributed by atoms with Gasteiger partial charge in [-0.05, 0) is 79.2 Å². The standard InChI is InChI=1S/C31H37ClN2O/c1-3-23-14-10-15-24(4-2)30(23)33-31(35)34(22-21-27-13-8-9-16-29(27)32)28-19-17-26(18-20-28)25-11-6-5-7-12-25/h5-16,26,28H,3-4,17-22H2,1-2H3,(H,33,35). The number of halogens is 1. The highest BCUT2D eigenvalue weighted by molar-refractivity contribution is 6.31. The van der Waals surface area contributed by atoms with Crippen LogP contribution in [0, 0.1) is 0 Å². The Kier molecular flexibility index (Phi) is 8.87. The Morgan fingerprint density at radius 3 is 2.06 bits per heavy atom. The average molecular weight is 489 g/mol. The van der Waals surface area contributed by atoms with Gasteiger partial charge in [0.1, 0.15) is 0 Å². The number of benzene rings is 3. The van der Waals surface area contributed by atoms with Crippen molar-refractivity contribution in [3.8, 4) is 0 Å². The summed E-state index contributed by atoms with van der Waals surface area (Å²) in [6.07, 6.45) is 6.79. The Hall–Kier alpha value is -2.78. The van der Waals surface area contributed by atoms with E-state index in [1.54, 1.807) is 0 Å². The summed E-state index contributed by atoms with van der Waals surface area (Å²) in [5.41, 5.74) is 5.88.